The maximum absolute atomic E-state index is 12.9. The Morgan fingerprint density at radius 3 is 2.31 bits per heavy atom. The number of aryl methyl sites for hydroxylation is 2. The van der Waals surface area contributed by atoms with Crippen molar-refractivity contribution in [2.75, 3.05) is 6.54 Å². The zero-order chi connectivity index (χ0) is 19.5. The van der Waals surface area contributed by atoms with Crippen LogP contribution in [0.4, 0.5) is 0 Å². The van der Waals surface area contributed by atoms with E-state index < -0.39 is 16.1 Å². The molecule has 2 aromatic rings. The van der Waals surface area contributed by atoms with Gasteiger partial charge in [0.2, 0.25) is 15.9 Å². The molecule has 2 N–H and O–H groups in total. The first-order valence-corrected chi connectivity index (χ1v) is 10.9. The third-order valence-electron chi connectivity index (χ3n) is 4.54. The van der Waals surface area contributed by atoms with E-state index in [1.165, 1.54) is 4.88 Å². The van der Waals surface area contributed by atoms with Crippen molar-refractivity contribution in [2.45, 2.75) is 52.0 Å². The lowest BCUT2D eigenvalue weighted by atomic mass is 10.0. The molecular weight excluding hydrogens is 368 g/mol. The zero-order valence-corrected chi connectivity index (χ0v) is 17.5. The lowest BCUT2D eigenvalue weighted by molar-refractivity contribution is -0.122. The number of rotatable bonds is 7. The van der Waals surface area contributed by atoms with Crippen molar-refractivity contribution in [3.05, 3.63) is 50.7 Å². The molecule has 0 bridgehead atoms. The molecule has 0 saturated heterocycles. The van der Waals surface area contributed by atoms with E-state index in [1.54, 1.807) is 32.1 Å². The van der Waals surface area contributed by atoms with E-state index in [2.05, 4.69) is 10.0 Å². The van der Waals surface area contributed by atoms with Crippen molar-refractivity contribution >= 4 is 27.3 Å². The van der Waals surface area contributed by atoms with Crippen LogP contribution >= 0.6 is 11.3 Å². The van der Waals surface area contributed by atoms with Crippen LogP contribution in [0.3, 0.4) is 0 Å². The monoisotopic (exact) mass is 394 g/mol. The van der Waals surface area contributed by atoms with Crippen LogP contribution in [0.5, 0.6) is 0 Å². The van der Waals surface area contributed by atoms with Gasteiger partial charge in [-0.25, -0.2) is 8.42 Å². The Morgan fingerprint density at radius 2 is 1.77 bits per heavy atom. The van der Waals surface area contributed by atoms with Crippen LogP contribution in [-0.4, -0.2) is 26.9 Å². The number of thiophene rings is 1. The SMILES string of the molecule is Cc1cc(C)c(C)c(S(=O)(=O)N[C@@H](C)C(=O)NCCc2cccs2)c1C. The normalized spacial score (nSPS) is 12.8. The van der Waals surface area contributed by atoms with Crippen LogP contribution in [0.15, 0.2) is 28.5 Å². The zero-order valence-electron chi connectivity index (χ0n) is 15.8. The van der Waals surface area contributed by atoms with E-state index in [0.29, 0.717) is 17.7 Å². The highest BCUT2D eigenvalue weighted by Crippen LogP contribution is 2.26. The van der Waals surface area contributed by atoms with E-state index >= 15 is 0 Å². The van der Waals surface area contributed by atoms with Gasteiger partial charge in [-0.05, 0) is 74.7 Å². The van der Waals surface area contributed by atoms with Gasteiger partial charge in [-0.3, -0.25) is 4.79 Å². The van der Waals surface area contributed by atoms with Crippen LogP contribution in [0.2, 0.25) is 0 Å². The lowest BCUT2D eigenvalue weighted by Crippen LogP contribution is -2.45. The molecule has 0 radical (unpaired) electrons. The Morgan fingerprint density at radius 1 is 1.15 bits per heavy atom. The highest BCUT2D eigenvalue weighted by atomic mass is 32.2. The molecular formula is C19H26N2O3S2. The van der Waals surface area contributed by atoms with E-state index in [9.17, 15) is 13.2 Å². The minimum Gasteiger partial charge on any atom is -0.354 e. The fourth-order valence-corrected chi connectivity index (χ4v) is 5.37. The maximum atomic E-state index is 12.9. The molecule has 1 aromatic carbocycles. The highest BCUT2D eigenvalue weighted by molar-refractivity contribution is 7.89. The number of carbonyl (C=O) groups excluding carboxylic acids is 1. The van der Waals surface area contributed by atoms with Gasteiger partial charge in [0, 0.05) is 11.4 Å². The molecule has 1 heterocycles. The van der Waals surface area contributed by atoms with E-state index in [0.717, 1.165) is 17.5 Å². The van der Waals surface area contributed by atoms with E-state index in [-0.39, 0.29) is 10.8 Å². The number of hydrogen-bond donors (Lipinski definition) is 2. The summed E-state index contributed by atoms with van der Waals surface area (Å²) in [5.74, 6) is -0.329. The second-order valence-electron chi connectivity index (χ2n) is 6.55. The topological polar surface area (TPSA) is 75.3 Å². The fraction of sp³-hybridized carbons (Fsp3) is 0.421. The Balaban J connectivity index is 2.07. The van der Waals surface area contributed by atoms with Gasteiger partial charge in [0.1, 0.15) is 0 Å². The number of carbonyl (C=O) groups is 1. The minimum absolute atomic E-state index is 0.272. The molecule has 0 unspecified atom stereocenters. The van der Waals surface area contributed by atoms with Crippen molar-refractivity contribution in [1.82, 2.24) is 10.0 Å². The van der Waals surface area contributed by atoms with Gasteiger partial charge in [-0.2, -0.15) is 4.72 Å². The highest BCUT2D eigenvalue weighted by Gasteiger charge is 2.26. The van der Waals surface area contributed by atoms with Gasteiger partial charge in [-0.15, -0.1) is 11.3 Å². The summed E-state index contributed by atoms with van der Waals surface area (Å²) in [5.41, 5.74) is 3.26. The number of amides is 1. The summed E-state index contributed by atoms with van der Waals surface area (Å²) < 4.78 is 28.2. The molecule has 0 fully saturated rings. The molecule has 2 rings (SSSR count). The summed E-state index contributed by atoms with van der Waals surface area (Å²) in [4.78, 5) is 13.7. The smallest absolute Gasteiger partial charge is 0.241 e. The Bertz CT molecular complexity index is 862. The molecule has 1 aromatic heterocycles. The van der Waals surface area contributed by atoms with Crippen molar-refractivity contribution in [3.63, 3.8) is 0 Å². The number of nitrogens with one attached hydrogen (secondary N) is 2. The first-order valence-electron chi connectivity index (χ1n) is 8.53. The predicted molar refractivity (Wildman–Crippen MR) is 106 cm³/mol. The third-order valence-corrected chi connectivity index (χ3v) is 7.29. The lowest BCUT2D eigenvalue weighted by Gasteiger charge is -2.19. The van der Waals surface area contributed by atoms with Crippen LogP contribution in [-0.2, 0) is 21.2 Å². The molecule has 7 heteroatoms. The molecule has 142 valence electrons. The van der Waals surface area contributed by atoms with Crippen molar-refractivity contribution in [1.29, 1.82) is 0 Å². The summed E-state index contributed by atoms with van der Waals surface area (Å²) in [6.45, 7) is 9.41. The number of benzene rings is 1. The quantitative estimate of drug-likeness (QED) is 0.758. The number of hydrogen-bond acceptors (Lipinski definition) is 4. The van der Waals surface area contributed by atoms with Gasteiger partial charge < -0.3 is 5.32 Å². The average molecular weight is 395 g/mol. The van der Waals surface area contributed by atoms with Crippen LogP contribution < -0.4 is 10.0 Å². The van der Waals surface area contributed by atoms with Gasteiger partial charge in [0.15, 0.2) is 0 Å². The van der Waals surface area contributed by atoms with Gasteiger partial charge in [0.25, 0.3) is 0 Å². The summed E-state index contributed by atoms with van der Waals surface area (Å²) in [6, 6.07) is 5.11. The summed E-state index contributed by atoms with van der Waals surface area (Å²) in [6.07, 6.45) is 0.734. The molecule has 26 heavy (non-hydrogen) atoms. The predicted octanol–water partition coefficient (Wildman–Crippen LogP) is 3.01. The summed E-state index contributed by atoms with van der Waals surface area (Å²) >= 11 is 1.63. The Hall–Kier alpha value is -1.70. The van der Waals surface area contributed by atoms with E-state index in [1.807, 2.05) is 37.4 Å². The fourth-order valence-electron chi connectivity index (χ4n) is 2.85. The van der Waals surface area contributed by atoms with E-state index in [4.69, 9.17) is 0 Å². The first-order chi connectivity index (χ1) is 12.1. The minimum atomic E-state index is -3.79. The molecule has 0 aliphatic carbocycles. The van der Waals surface area contributed by atoms with Crippen LogP contribution in [0.1, 0.15) is 34.1 Å². The van der Waals surface area contributed by atoms with Crippen molar-refractivity contribution < 1.29 is 13.2 Å². The molecule has 1 atom stereocenters. The number of sulfonamides is 1. The van der Waals surface area contributed by atoms with Gasteiger partial charge >= 0.3 is 0 Å². The second kappa shape index (κ2) is 8.33. The third kappa shape index (κ3) is 4.72. The molecule has 1 amide bonds. The Labute approximate surface area is 159 Å². The largest absolute Gasteiger partial charge is 0.354 e. The van der Waals surface area contributed by atoms with Gasteiger partial charge in [-0.1, -0.05) is 12.1 Å². The first kappa shape index (κ1) is 20.6. The maximum Gasteiger partial charge on any atom is 0.241 e. The molecule has 0 saturated carbocycles. The van der Waals surface area contributed by atoms with Crippen LogP contribution in [0, 0.1) is 27.7 Å². The molecule has 0 spiro atoms. The average Bonchev–Trinajstić information content (AvgIpc) is 3.05. The molecule has 0 aliphatic heterocycles. The summed E-state index contributed by atoms with van der Waals surface area (Å²) in [7, 11) is -3.79. The van der Waals surface area contributed by atoms with Crippen molar-refractivity contribution in [3.8, 4) is 0 Å². The Kier molecular flexibility index (Phi) is 6.60. The standard InChI is InChI=1S/C19H26N2O3S2/c1-12-11-13(2)15(4)18(14(12)3)26(23,24)21-16(5)19(22)20-9-8-17-7-6-10-25-17/h6-7,10-11,16,21H,8-9H2,1-5H3,(H,20,22)/t16-/m0/s1. The second-order valence-corrected chi connectivity index (χ2v) is 9.24. The van der Waals surface area contributed by atoms with Crippen LogP contribution in [0.25, 0.3) is 0 Å². The molecule has 5 nitrogen and oxygen atoms in total. The summed E-state index contributed by atoms with van der Waals surface area (Å²) in [5, 5.41) is 4.78. The molecule has 0 aliphatic rings. The van der Waals surface area contributed by atoms with Gasteiger partial charge in [0.05, 0.1) is 10.9 Å². The van der Waals surface area contributed by atoms with Crippen molar-refractivity contribution in [2.24, 2.45) is 0 Å².